The predicted octanol–water partition coefficient (Wildman–Crippen LogP) is 4.42. The van der Waals surface area contributed by atoms with E-state index in [0.29, 0.717) is 36.6 Å². The van der Waals surface area contributed by atoms with Gasteiger partial charge in [-0.3, -0.25) is 14.4 Å². The number of carboxylic acids is 1. The van der Waals surface area contributed by atoms with Gasteiger partial charge in [-0.1, -0.05) is 24.3 Å². The zero-order chi connectivity index (χ0) is 22.9. The summed E-state index contributed by atoms with van der Waals surface area (Å²) in [6, 6.07) is 14.4. The number of benzene rings is 2. The van der Waals surface area contributed by atoms with Crippen molar-refractivity contribution in [1.29, 1.82) is 0 Å². The summed E-state index contributed by atoms with van der Waals surface area (Å²) in [4.78, 5) is 37.1. The van der Waals surface area contributed by atoms with Gasteiger partial charge in [-0.05, 0) is 56.2 Å². The Labute approximate surface area is 191 Å². The first-order valence-corrected chi connectivity index (χ1v) is 11.4. The van der Waals surface area contributed by atoms with Crippen molar-refractivity contribution in [2.24, 2.45) is 11.8 Å². The number of aliphatic carboxylic acids is 1. The van der Waals surface area contributed by atoms with E-state index in [-0.39, 0.29) is 17.6 Å². The number of anilines is 2. The lowest BCUT2D eigenvalue weighted by atomic mass is 9.82. The molecule has 0 spiro atoms. The first kappa shape index (κ1) is 23.4. The molecule has 0 bridgehead atoms. The van der Waals surface area contributed by atoms with Crippen molar-refractivity contribution in [3.05, 3.63) is 60.7 Å². The number of carbonyl (C=O) groups is 3. The molecule has 1 aliphatic carbocycles. The number of carboxylic acid groups (broad SMARTS) is 1. The monoisotopic (exact) mass is 454 g/mol. The summed E-state index contributed by atoms with van der Waals surface area (Å²) in [6.45, 7) is 2.40. The van der Waals surface area contributed by atoms with Crippen molar-refractivity contribution in [3.8, 4) is 5.75 Å². The Bertz CT molecular complexity index is 990. The Morgan fingerprint density at radius 2 is 1.69 bits per heavy atom. The molecule has 7 nitrogen and oxygen atoms in total. The highest BCUT2D eigenvalue weighted by atomic mass is 32.2. The summed E-state index contributed by atoms with van der Waals surface area (Å²) in [5.41, 5.74) is 1.23. The van der Waals surface area contributed by atoms with E-state index in [1.807, 2.05) is 43.3 Å². The average molecular weight is 455 g/mol. The van der Waals surface area contributed by atoms with Gasteiger partial charge in [0.05, 0.1) is 29.9 Å². The van der Waals surface area contributed by atoms with Crippen LogP contribution in [0, 0.1) is 11.8 Å². The second-order valence-corrected chi connectivity index (χ2v) is 8.32. The lowest BCUT2D eigenvalue weighted by Crippen LogP contribution is -2.34. The summed E-state index contributed by atoms with van der Waals surface area (Å²) in [7, 11) is 0. The number of amides is 2. The van der Waals surface area contributed by atoms with Gasteiger partial charge in [0.25, 0.3) is 0 Å². The van der Waals surface area contributed by atoms with E-state index in [9.17, 15) is 19.5 Å². The van der Waals surface area contributed by atoms with Crippen molar-refractivity contribution in [2.45, 2.75) is 24.7 Å². The van der Waals surface area contributed by atoms with E-state index < -0.39 is 17.8 Å². The first-order valence-electron chi connectivity index (χ1n) is 10.4. The number of rotatable bonds is 9. The predicted molar refractivity (Wildman–Crippen MR) is 125 cm³/mol. The van der Waals surface area contributed by atoms with Crippen molar-refractivity contribution in [1.82, 2.24) is 0 Å². The lowest BCUT2D eigenvalue weighted by Gasteiger charge is -2.24. The largest absolute Gasteiger partial charge is 0.492 e. The zero-order valence-electron chi connectivity index (χ0n) is 17.7. The normalized spacial score (nSPS) is 17.4. The first-order chi connectivity index (χ1) is 15.5. The molecule has 2 aromatic carbocycles. The summed E-state index contributed by atoms with van der Waals surface area (Å²) in [5.74, 6) is -1.84. The van der Waals surface area contributed by atoms with E-state index in [4.69, 9.17) is 4.74 Å². The van der Waals surface area contributed by atoms with Gasteiger partial charge in [-0.15, -0.1) is 11.8 Å². The maximum Gasteiger partial charge on any atom is 0.307 e. The summed E-state index contributed by atoms with van der Waals surface area (Å²) in [6.07, 6.45) is 4.43. The SMILES string of the molecule is CCOc1ccccc1NC(=O)CSc1ccc(NC(=O)[C@@H]2CC=CC[C@@H]2C(=O)O)cc1. The van der Waals surface area contributed by atoms with E-state index in [1.165, 1.54) is 11.8 Å². The minimum absolute atomic E-state index is 0.149. The molecule has 2 aromatic rings. The zero-order valence-corrected chi connectivity index (χ0v) is 18.6. The number of hydrogen-bond donors (Lipinski definition) is 3. The molecule has 168 valence electrons. The third kappa shape index (κ3) is 6.37. The van der Waals surface area contributed by atoms with Gasteiger partial charge < -0.3 is 20.5 Å². The molecule has 8 heteroatoms. The molecule has 0 radical (unpaired) electrons. The van der Waals surface area contributed by atoms with Crippen LogP contribution in [0.15, 0.2) is 65.6 Å². The van der Waals surface area contributed by atoms with Crippen molar-refractivity contribution >= 4 is 40.9 Å². The minimum atomic E-state index is -0.955. The van der Waals surface area contributed by atoms with Crippen molar-refractivity contribution in [2.75, 3.05) is 23.0 Å². The van der Waals surface area contributed by atoms with E-state index >= 15 is 0 Å². The molecule has 0 unspecified atom stereocenters. The molecule has 0 heterocycles. The van der Waals surface area contributed by atoms with Gasteiger partial charge in [-0.2, -0.15) is 0 Å². The fourth-order valence-electron chi connectivity index (χ4n) is 3.43. The third-order valence-electron chi connectivity index (χ3n) is 5.04. The Morgan fingerprint density at radius 1 is 1.00 bits per heavy atom. The Balaban J connectivity index is 1.51. The molecule has 0 aromatic heterocycles. The molecule has 3 N–H and O–H groups in total. The molecule has 2 atom stereocenters. The topological polar surface area (TPSA) is 105 Å². The second-order valence-electron chi connectivity index (χ2n) is 7.27. The van der Waals surface area contributed by atoms with Crippen LogP contribution in [-0.4, -0.2) is 35.2 Å². The smallest absolute Gasteiger partial charge is 0.307 e. The highest BCUT2D eigenvalue weighted by Gasteiger charge is 2.33. The maximum absolute atomic E-state index is 12.6. The Hall–Kier alpha value is -3.26. The lowest BCUT2D eigenvalue weighted by molar-refractivity contribution is -0.146. The van der Waals surface area contributed by atoms with E-state index in [0.717, 1.165) is 4.90 Å². The molecule has 1 aliphatic rings. The van der Waals surface area contributed by atoms with Crippen LogP contribution in [0.25, 0.3) is 0 Å². The van der Waals surface area contributed by atoms with Crippen LogP contribution in [-0.2, 0) is 14.4 Å². The van der Waals surface area contributed by atoms with Crippen LogP contribution < -0.4 is 15.4 Å². The standard InChI is InChI=1S/C24H26N2O5S/c1-2-31-21-10-6-5-9-20(21)26-22(27)15-32-17-13-11-16(12-14-17)25-23(28)18-7-3-4-8-19(18)24(29)30/h3-6,9-14,18-19H,2,7-8,15H2,1H3,(H,25,28)(H,26,27)(H,29,30)/t18-,19+/m1/s1. The van der Waals surface area contributed by atoms with Gasteiger partial charge in [0.15, 0.2) is 0 Å². The van der Waals surface area contributed by atoms with Gasteiger partial charge >= 0.3 is 5.97 Å². The van der Waals surface area contributed by atoms with Gasteiger partial charge in [0.1, 0.15) is 5.75 Å². The highest BCUT2D eigenvalue weighted by molar-refractivity contribution is 8.00. The molecular weight excluding hydrogens is 428 g/mol. The van der Waals surface area contributed by atoms with Crippen LogP contribution in [0.2, 0.25) is 0 Å². The molecule has 3 rings (SSSR count). The average Bonchev–Trinajstić information content (AvgIpc) is 2.80. The van der Waals surface area contributed by atoms with Crippen molar-refractivity contribution < 1.29 is 24.2 Å². The highest BCUT2D eigenvalue weighted by Crippen LogP contribution is 2.28. The maximum atomic E-state index is 12.6. The molecule has 32 heavy (non-hydrogen) atoms. The molecular formula is C24H26N2O5S. The minimum Gasteiger partial charge on any atom is -0.492 e. The fourth-order valence-corrected chi connectivity index (χ4v) is 4.13. The van der Waals surface area contributed by atoms with Crippen LogP contribution in [0.5, 0.6) is 5.75 Å². The van der Waals surface area contributed by atoms with Gasteiger partial charge in [0.2, 0.25) is 11.8 Å². The Morgan fingerprint density at radius 3 is 2.38 bits per heavy atom. The summed E-state index contributed by atoms with van der Waals surface area (Å²) >= 11 is 1.37. The van der Waals surface area contributed by atoms with Crippen LogP contribution >= 0.6 is 11.8 Å². The molecule has 0 fully saturated rings. The quantitative estimate of drug-likeness (QED) is 0.383. The number of carbonyl (C=O) groups excluding carboxylic acids is 2. The summed E-state index contributed by atoms with van der Waals surface area (Å²) < 4.78 is 5.52. The number of thioether (sulfide) groups is 1. The number of para-hydroxylation sites is 2. The number of hydrogen-bond acceptors (Lipinski definition) is 5. The molecule has 0 aliphatic heterocycles. The molecule has 2 amide bonds. The fraction of sp³-hybridized carbons (Fsp3) is 0.292. The number of allylic oxidation sites excluding steroid dienone is 2. The molecule has 0 saturated carbocycles. The van der Waals surface area contributed by atoms with Crippen LogP contribution in [0.4, 0.5) is 11.4 Å². The van der Waals surface area contributed by atoms with Gasteiger partial charge in [0, 0.05) is 10.6 Å². The van der Waals surface area contributed by atoms with Crippen molar-refractivity contribution in [3.63, 3.8) is 0 Å². The summed E-state index contributed by atoms with van der Waals surface area (Å²) in [5, 5.41) is 15.0. The third-order valence-corrected chi connectivity index (χ3v) is 6.05. The number of ether oxygens (including phenoxy) is 1. The van der Waals surface area contributed by atoms with E-state index in [2.05, 4.69) is 10.6 Å². The number of nitrogens with one attached hydrogen (secondary N) is 2. The second kappa shape index (κ2) is 11.4. The van der Waals surface area contributed by atoms with Crippen LogP contribution in [0.1, 0.15) is 19.8 Å². The van der Waals surface area contributed by atoms with Gasteiger partial charge in [-0.25, -0.2) is 0 Å². The molecule has 0 saturated heterocycles. The van der Waals surface area contributed by atoms with E-state index in [1.54, 1.807) is 24.3 Å². The Kier molecular flexibility index (Phi) is 8.33. The van der Waals surface area contributed by atoms with Crippen LogP contribution in [0.3, 0.4) is 0 Å².